The highest BCUT2D eigenvalue weighted by Gasteiger charge is 2.37. The topological polar surface area (TPSA) is 37.4 Å². The summed E-state index contributed by atoms with van der Waals surface area (Å²) in [5, 5.41) is 0. The van der Waals surface area contributed by atoms with Crippen LogP contribution in [0.15, 0.2) is 22.9 Å². The van der Waals surface area contributed by atoms with Gasteiger partial charge in [-0.15, -0.1) is 9.24 Å². The van der Waals surface area contributed by atoms with Gasteiger partial charge in [0.2, 0.25) is 5.91 Å². The lowest BCUT2D eigenvalue weighted by molar-refractivity contribution is -0.129. The fraction of sp³-hybridized carbons (Fsp3) is 0.714. The monoisotopic (exact) mass is 363 g/mol. The summed E-state index contributed by atoms with van der Waals surface area (Å²) in [7, 11) is 2.93. The molecule has 0 aromatic heterocycles. The van der Waals surface area contributed by atoms with E-state index >= 15 is 0 Å². The van der Waals surface area contributed by atoms with Crippen molar-refractivity contribution in [3.63, 3.8) is 0 Å². The number of Topliss-reactive ketones (excluding diaryl/α,β-unsaturated/α-hetero) is 1. The average Bonchev–Trinajstić information content (AvgIpc) is 2.78. The molecule has 1 unspecified atom stereocenters. The highest BCUT2D eigenvalue weighted by atomic mass is 31.0. The summed E-state index contributed by atoms with van der Waals surface area (Å²) >= 11 is 0. The molecule has 2 aliphatic rings. The van der Waals surface area contributed by atoms with E-state index < -0.39 is 0 Å². The van der Waals surface area contributed by atoms with Crippen molar-refractivity contribution >= 4 is 20.9 Å². The van der Waals surface area contributed by atoms with E-state index in [1.165, 1.54) is 31.3 Å². The van der Waals surface area contributed by atoms with Gasteiger partial charge >= 0.3 is 0 Å². The maximum atomic E-state index is 12.4. The third-order valence-corrected chi connectivity index (χ3v) is 6.68. The molecule has 0 aromatic rings. The second-order valence-electron chi connectivity index (χ2n) is 8.44. The molecule has 3 nitrogen and oxygen atoms in total. The minimum atomic E-state index is -0.0317. The molecule has 1 fully saturated rings. The van der Waals surface area contributed by atoms with Crippen molar-refractivity contribution in [2.75, 3.05) is 6.54 Å². The lowest BCUT2D eigenvalue weighted by Gasteiger charge is -2.27. The van der Waals surface area contributed by atoms with Gasteiger partial charge in [0, 0.05) is 24.1 Å². The van der Waals surface area contributed by atoms with Crippen molar-refractivity contribution in [3.8, 4) is 0 Å². The molecule has 4 heteroatoms. The first-order valence-corrected chi connectivity index (χ1v) is 10.3. The first-order chi connectivity index (χ1) is 11.7. The van der Waals surface area contributed by atoms with Crippen LogP contribution >= 0.6 is 9.24 Å². The Bertz CT molecular complexity index is 595. The zero-order valence-electron chi connectivity index (χ0n) is 16.5. The van der Waals surface area contributed by atoms with Crippen LogP contribution in [0, 0.1) is 11.3 Å². The van der Waals surface area contributed by atoms with Crippen LogP contribution in [-0.4, -0.2) is 28.8 Å². The lowest BCUT2D eigenvalue weighted by atomic mass is 9.83. The van der Waals surface area contributed by atoms with Gasteiger partial charge in [-0.3, -0.25) is 9.59 Å². The Labute approximate surface area is 155 Å². The highest BCUT2D eigenvalue weighted by molar-refractivity contribution is 7.17. The number of allylic oxidation sites excluding steroid dienone is 2. The van der Waals surface area contributed by atoms with E-state index in [4.69, 9.17) is 0 Å². The molecular formula is C21H34NO2P. The number of nitrogens with zero attached hydrogens (tertiary/aromatic N) is 1. The fourth-order valence-corrected chi connectivity index (χ4v) is 4.31. The number of carbonyl (C=O) groups excluding carboxylic acids is 2. The molecule has 0 radical (unpaired) electrons. The SMILES string of the molecule is CCC(=O)N1CC(C)(C)C(C)=C1/C=C(/CC1CCC(P)CC1)C(C)=O. The quantitative estimate of drug-likeness (QED) is 0.516. The largest absolute Gasteiger partial charge is 0.312 e. The van der Waals surface area contributed by atoms with Crippen LogP contribution in [-0.2, 0) is 9.59 Å². The number of amides is 1. The van der Waals surface area contributed by atoms with Gasteiger partial charge in [-0.05, 0) is 74.8 Å². The Morgan fingerprint density at radius 1 is 1.24 bits per heavy atom. The van der Waals surface area contributed by atoms with E-state index in [-0.39, 0.29) is 17.1 Å². The Balaban J connectivity index is 2.28. The van der Waals surface area contributed by atoms with Crippen molar-refractivity contribution in [1.29, 1.82) is 0 Å². The summed E-state index contributed by atoms with van der Waals surface area (Å²) in [5.41, 5.74) is 3.76. The first kappa shape index (κ1) is 20.4. The van der Waals surface area contributed by atoms with Gasteiger partial charge in [-0.1, -0.05) is 20.8 Å². The van der Waals surface area contributed by atoms with Gasteiger partial charge in [-0.25, -0.2) is 0 Å². The van der Waals surface area contributed by atoms with Crippen molar-refractivity contribution < 1.29 is 9.59 Å². The molecule has 0 aromatic carbocycles. The molecule has 1 amide bonds. The molecule has 0 bridgehead atoms. The van der Waals surface area contributed by atoms with Crippen LogP contribution in [0.4, 0.5) is 0 Å². The second kappa shape index (κ2) is 8.16. The first-order valence-electron chi connectivity index (χ1n) is 9.64. The molecule has 0 N–H and O–H groups in total. The van der Waals surface area contributed by atoms with Crippen molar-refractivity contribution in [1.82, 2.24) is 4.90 Å². The fourth-order valence-electron chi connectivity index (χ4n) is 3.92. The molecule has 1 aliphatic carbocycles. The zero-order valence-corrected chi connectivity index (χ0v) is 17.7. The van der Waals surface area contributed by atoms with Gasteiger partial charge in [0.15, 0.2) is 5.78 Å². The number of hydrogen-bond acceptors (Lipinski definition) is 2. The Kier molecular flexibility index (Phi) is 6.65. The smallest absolute Gasteiger partial charge is 0.226 e. The summed E-state index contributed by atoms with van der Waals surface area (Å²) in [5.74, 6) is 0.877. The predicted octanol–water partition coefficient (Wildman–Crippen LogP) is 4.88. The maximum absolute atomic E-state index is 12.4. The average molecular weight is 363 g/mol. The van der Waals surface area contributed by atoms with Gasteiger partial charge in [0.05, 0.1) is 0 Å². The van der Waals surface area contributed by atoms with Crippen LogP contribution in [0.1, 0.15) is 73.1 Å². The molecule has 1 aliphatic heterocycles. The normalized spacial score (nSPS) is 27.0. The number of rotatable bonds is 5. The van der Waals surface area contributed by atoms with Crippen LogP contribution in [0.3, 0.4) is 0 Å². The molecular weight excluding hydrogens is 329 g/mol. The summed E-state index contributed by atoms with van der Waals surface area (Å²) in [4.78, 5) is 26.6. The molecule has 1 heterocycles. The van der Waals surface area contributed by atoms with Crippen LogP contribution in [0.25, 0.3) is 0 Å². The Hall–Kier alpha value is -0.950. The van der Waals surface area contributed by atoms with Gasteiger partial charge in [0.25, 0.3) is 0 Å². The van der Waals surface area contributed by atoms with Crippen LogP contribution in [0.2, 0.25) is 0 Å². The molecule has 140 valence electrons. The number of carbonyl (C=O) groups is 2. The van der Waals surface area contributed by atoms with Crippen LogP contribution < -0.4 is 0 Å². The molecule has 2 rings (SSSR count). The second-order valence-corrected chi connectivity index (χ2v) is 9.38. The zero-order chi connectivity index (χ0) is 18.8. The van der Waals surface area contributed by atoms with E-state index in [2.05, 4.69) is 30.0 Å². The van der Waals surface area contributed by atoms with E-state index in [1.807, 2.05) is 17.9 Å². The van der Waals surface area contributed by atoms with Crippen molar-refractivity contribution in [2.24, 2.45) is 11.3 Å². The van der Waals surface area contributed by atoms with E-state index in [0.29, 0.717) is 18.9 Å². The molecule has 25 heavy (non-hydrogen) atoms. The van der Waals surface area contributed by atoms with E-state index in [9.17, 15) is 9.59 Å². The Morgan fingerprint density at radius 2 is 1.84 bits per heavy atom. The summed E-state index contributed by atoms with van der Waals surface area (Å²) in [6, 6.07) is 0. The standard InChI is InChI=1S/C21H34NO2P/c1-6-20(24)22-13-21(4,5)14(2)19(22)12-17(15(3)23)11-16-7-9-18(25)10-8-16/h12,16,18H,6-11,13,25H2,1-5H3/b17-12-. The molecule has 1 atom stereocenters. The predicted molar refractivity (Wildman–Crippen MR) is 107 cm³/mol. The summed E-state index contributed by atoms with van der Waals surface area (Å²) in [6.45, 7) is 10.7. The molecule has 0 saturated heterocycles. The van der Waals surface area contributed by atoms with Gasteiger partial charge in [0.1, 0.15) is 0 Å². The maximum Gasteiger partial charge on any atom is 0.226 e. The van der Waals surface area contributed by atoms with Crippen molar-refractivity contribution in [2.45, 2.75) is 78.8 Å². The summed E-state index contributed by atoms with van der Waals surface area (Å²) < 4.78 is 0. The third-order valence-electron chi connectivity index (χ3n) is 6.01. The number of ketones is 1. The third kappa shape index (κ3) is 4.82. The minimum absolute atomic E-state index is 0.0317. The Morgan fingerprint density at radius 3 is 2.36 bits per heavy atom. The van der Waals surface area contributed by atoms with Crippen LogP contribution in [0.5, 0.6) is 0 Å². The van der Waals surface area contributed by atoms with E-state index in [1.54, 1.807) is 6.92 Å². The lowest BCUT2D eigenvalue weighted by Crippen LogP contribution is -2.31. The minimum Gasteiger partial charge on any atom is -0.312 e. The van der Waals surface area contributed by atoms with E-state index in [0.717, 1.165) is 23.3 Å². The van der Waals surface area contributed by atoms with Gasteiger partial charge in [-0.2, -0.15) is 0 Å². The van der Waals surface area contributed by atoms with Crippen molar-refractivity contribution in [3.05, 3.63) is 22.9 Å². The highest BCUT2D eigenvalue weighted by Crippen LogP contribution is 2.40. The number of hydrogen-bond donors (Lipinski definition) is 0. The summed E-state index contributed by atoms with van der Waals surface area (Å²) in [6.07, 6.45) is 8.21. The molecule has 1 saturated carbocycles. The van der Waals surface area contributed by atoms with Gasteiger partial charge < -0.3 is 4.90 Å². The molecule has 0 spiro atoms.